The second kappa shape index (κ2) is 12.2. The number of piperidine rings is 1. The van der Waals surface area contributed by atoms with Crippen molar-refractivity contribution in [3.63, 3.8) is 0 Å². The molecule has 2 fully saturated rings. The van der Waals surface area contributed by atoms with Crippen LogP contribution in [0.5, 0.6) is 6.01 Å². The molecule has 0 bridgehead atoms. The van der Waals surface area contributed by atoms with Crippen LogP contribution < -0.4 is 10.1 Å². The minimum Gasteiger partial charge on any atom is -0.379 e. The summed E-state index contributed by atoms with van der Waals surface area (Å²) < 4.78 is 10.6. The van der Waals surface area contributed by atoms with E-state index in [1.165, 1.54) is 23.8 Å². The lowest BCUT2D eigenvalue weighted by Gasteiger charge is -2.35. The summed E-state index contributed by atoms with van der Waals surface area (Å²) in [6.45, 7) is 5.01. The molecule has 1 aromatic carbocycles. The molecule has 3 heterocycles. The fourth-order valence-electron chi connectivity index (χ4n) is 5.42. The molecule has 0 saturated carbocycles. The van der Waals surface area contributed by atoms with Gasteiger partial charge in [0.15, 0.2) is 0 Å². The van der Waals surface area contributed by atoms with Gasteiger partial charge in [-0.2, -0.15) is 5.26 Å². The molecule has 3 aliphatic rings. The molecule has 0 spiro atoms. The topological polar surface area (TPSA) is 124 Å². The van der Waals surface area contributed by atoms with Gasteiger partial charge >= 0.3 is 12.1 Å². The van der Waals surface area contributed by atoms with E-state index in [2.05, 4.69) is 38.4 Å². The van der Waals surface area contributed by atoms with E-state index in [1.807, 2.05) is 17.0 Å². The van der Waals surface area contributed by atoms with Gasteiger partial charge in [0.2, 0.25) is 5.91 Å². The second-order valence-corrected chi connectivity index (χ2v) is 10.1. The van der Waals surface area contributed by atoms with Crippen molar-refractivity contribution in [3.8, 4) is 12.1 Å². The van der Waals surface area contributed by atoms with Gasteiger partial charge in [-0.3, -0.25) is 20.0 Å². The number of allylic oxidation sites excluding steroid dienone is 2. The van der Waals surface area contributed by atoms with Crippen LogP contribution in [0.3, 0.4) is 0 Å². The third-order valence-corrected chi connectivity index (χ3v) is 7.56. The first-order valence-electron chi connectivity index (χ1n) is 13.4. The van der Waals surface area contributed by atoms with Gasteiger partial charge in [-0.1, -0.05) is 12.1 Å². The lowest BCUT2D eigenvalue weighted by atomic mass is 9.85. The van der Waals surface area contributed by atoms with Crippen LogP contribution in [0.1, 0.15) is 61.3 Å². The normalized spacial score (nSPS) is 18.9. The number of hydrogen-bond acceptors (Lipinski definition) is 7. The number of nitrogens with zero attached hydrogens (tertiary/aromatic N) is 4. The predicted octanol–water partition coefficient (Wildman–Crippen LogP) is 3.89. The largest absolute Gasteiger partial charge is 0.419 e. The van der Waals surface area contributed by atoms with Gasteiger partial charge in [-0.15, -0.1) is 0 Å². The number of imidazole rings is 1. The number of aromatic amines is 1. The number of hydrogen-bond donors (Lipinski definition) is 2. The van der Waals surface area contributed by atoms with Crippen molar-refractivity contribution >= 4 is 23.3 Å². The van der Waals surface area contributed by atoms with Crippen LogP contribution in [0, 0.1) is 11.3 Å². The van der Waals surface area contributed by atoms with Crippen molar-refractivity contribution in [1.29, 1.82) is 5.26 Å². The summed E-state index contributed by atoms with van der Waals surface area (Å²) in [5.74, 6) is 0.564. The number of rotatable bonds is 6. The number of H-pyrrole nitrogens is 1. The van der Waals surface area contributed by atoms with Crippen LogP contribution in [0.2, 0.25) is 0 Å². The Bertz CT molecular complexity index is 1220. The number of amides is 2. The summed E-state index contributed by atoms with van der Waals surface area (Å²) in [6.07, 6.45) is 9.03. The number of carbonyl (C=O) groups excluding carboxylic acids is 2. The van der Waals surface area contributed by atoms with Gasteiger partial charge in [0.05, 0.1) is 31.6 Å². The molecule has 1 aliphatic carbocycles. The van der Waals surface area contributed by atoms with E-state index in [1.54, 1.807) is 0 Å². The van der Waals surface area contributed by atoms with E-state index in [9.17, 15) is 9.59 Å². The number of carbonyl (C=O) groups is 2. The highest BCUT2D eigenvalue weighted by atomic mass is 16.6. The summed E-state index contributed by atoms with van der Waals surface area (Å²) in [5.41, 5.74) is 4.39. The Labute approximate surface area is 222 Å². The zero-order valence-electron chi connectivity index (χ0n) is 21.6. The van der Waals surface area contributed by atoms with Gasteiger partial charge in [0, 0.05) is 31.7 Å². The molecule has 0 unspecified atom stereocenters. The number of aromatic nitrogens is 2. The van der Waals surface area contributed by atoms with Crippen LogP contribution in [0.15, 0.2) is 30.5 Å². The highest BCUT2D eigenvalue weighted by Crippen LogP contribution is 2.36. The molecule has 5 rings (SSSR count). The van der Waals surface area contributed by atoms with Crippen LogP contribution >= 0.6 is 0 Å². The van der Waals surface area contributed by atoms with Crippen molar-refractivity contribution in [2.75, 3.05) is 51.3 Å². The Morgan fingerprint density at radius 2 is 2.00 bits per heavy atom. The first kappa shape index (κ1) is 25.9. The predicted molar refractivity (Wildman–Crippen MR) is 142 cm³/mol. The number of morpholine rings is 1. The Hall–Kier alpha value is -3.68. The molecule has 2 saturated heterocycles. The molecule has 2 amide bonds. The minimum absolute atomic E-state index is 0.0240. The van der Waals surface area contributed by atoms with E-state index < -0.39 is 6.09 Å². The summed E-state index contributed by atoms with van der Waals surface area (Å²) in [5, 5.41) is 11.8. The molecule has 200 valence electrons. The lowest BCUT2D eigenvalue weighted by molar-refractivity contribution is -0.134. The summed E-state index contributed by atoms with van der Waals surface area (Å²) in [4.78, 5) is 36.1. The first-order valence-corrected chi connectivity index (χ1v) is 13.4. The smallest absolute Gasteiger partial charge is 0.379 e. The molecule has 2 aliphatic heterocycles. The SMILES string of the molecule is N#Cc1cnc(OC(=O)Nc2ccc(C3CCN(C(=O)CN4CCOCC4)CC3)cc2C2=CCCCC2)[nH]1. The molecule has 38 heavy (non-hydrogen) atoms. The van der Waals surface area contributed by atoms with E-state index in [0.29, 0.717) is 31.4 Å². The van der Waals surface area contributed by atoms with E-state index in [0.717, 1.165) is 63.8 Å². The zero-order chi connectivity index (χ0) is 26.3. The highest BCUT2D eigenvalue weighted by molar-refractivity contribution is 5.91. The number of nitrogens with one attached hydrogen (secondary N) is 2. The van der Waals surface area contributed by atoms with Gasteiger partial charge in [-0.25, -0.2) is 9.78 Å². The fraction of sp³-hybridized carbons (Fsp3) is 0.500. The molecule has 0 atom stereocenters. The average Bonchev–Trinajstić information content (AvgIpc) is 3.41. The fourth-order valence-corrected chi connectivity index (χ4v) is 5.42. The van der Waals surface area contributed by atoms with Gasteiger partial charge in [-0.05, 0) is 67.7 Å². The molecule has 2 N–H and O–H groups in total. The first-order chi connectivity index (χ1) is 18.6. The molecule has 10 nitrogen and oxygen atoms in total. The molecular formula is C28H34N6O4. The molecule has 10 heteroatoms. The number of benzene rings is 1. The van der Waals surface area contributed by atoms with E-state index in [4.69, 9.17) is 14.7 Å². The average molecular weight is 519 g/mol. The van der Waals surface area contributed by atoms with Crippen LogP contribution in [0.25, 0.3) is 5.57 Å². The second-order valence-electron chi connectivity index (χ2n) is 10.1. The van der Waals surface area contributed by atoms with Crippen molar-refractivity contribution in [2.45, 2.75) is 44.4 Å². The monoisotopic (exact) mass is 518 g/mol. The molecule has 1 aromatic heterocycles. The minimum atomic E-state index is -0.665. The summed E-state index contributed by atoms with van der Waals surface area (Å²) in [7, 11) is 0. The van der Waals surface area contributed by atoms with Gasteiger partial charge in [0.25, 0.3) is 0 Å². The maximum atomic E-state index is 12.8. The Morgan fingerprint density at radius 1 is 1.18 bits per heavy atom. The molecule has 0 radical (unpaired) electrons. The number of anilines is 1. The van der Waals surface area contributed by atoms with Crippen molar-refractivity contribution in [1.82, 2.24) is 19.8 Å². The third-order valence-electron chi connectivity index (χ3n) is 7.56. The maximum absolute atomic E-state index is 12.8. The molecule has 2 aromatic rings. The van der Waals surface area contributed by atoms with Crippen molar-refractivity contribution < 1.29 is 19.1 Å². The highest BCUT2D eigenvalue weighted by Gasteiger charge is 2.26. The number of nitriles is 1. The quantitative estimate of drug-likeness (QED) is 0.595. The van der Waals surface area contributed by atoms with Gasteiger partial charge in [0.1, 0.15) is 11.8 Å². The van der Waals surface area contributed by atoms with Gasteiger partial charge < -0.3 is 14.4 Å². The van der Waals surface area contributed by atoms with Crippen LogP contribution in [0.4, 0.5) is 10.5 Å². The van der Waals surface area contributed by atoms with Crippen LogP contribution in [-0.2, 0) is 9.53 Å². The third kappa shape index (κ3) is 6.41. The van der Waals surface area contributed by atoms with Crippen molar-refractivity contribution in [2.24, 2.45) is 0 Å². The summed E-state index contributed by atoms with van der Waals surface area (Å²) >= 11 is 0. The lowest BCUT2D eigenvalue weighted by Crippen LogP contribution is -2.46. The Balaban J connectivity index is 1.25. The molecular weight excluding hydrogens is 484 g/mol. The Morgan fingerprint density at radius 3 is 2.71 bits per heavy atom. The van der Waals surface area contributed by atoms with E-state index in [-0.39, 0.29) is 17.6 Å². The van der Waals surface area contributed by atoms with Crippen LogP contribution in [-0.4, -0.2) is 77.7 Å². The number of likely N-dealkylation sites (tertiary alicyclic amines) is 1. The number of ether oxygens (including phenoxy) is 2. The zero-order valence-corrected chi connectivity index (χ0v) is 21.6. The Kier molecular flexibility index (Phi) is 8.36. The standard InChI is InChI=1S/C28H34N6O4/c29-17-23-18-30-27(31-23)38-28(36)32-25-7-6-22(16-24(25)21-4-2-1-3-5-21)20-8-10-34(11-9-20)26(35)19-33-12-14-37-15-13-33/h4,6-7,16,18,20H,1-3,5,8-15,19H2,(H,30,31)(H,32,36). The summed E-state index contributed by atoms with van der Waals surface area (Å²) in [6, 6.07) is 8.11. The van der Waals surface area contributed by atoms with Crippen molar-refractivity contribution in [3.05, 3.63) is 47.3 Å². The van der Waals surface area contributed by atoms with E-state index >= 15 is 0 Å². The maximum Gasteiger partial charge on any atom is 0.419 e.